The topological polar surface area (TPSA) is 49.4 Å². The van der Waals surface area contributed by atoms with Crippen LogP contribution in [0.4, 0.5) is 0 Å². The van der Waals surface area contributed by atoms with Crippen LogP contribution in [0.3, 0.4) is 0 Å². The molecule has 1 saturated heterocycles. The van der Waals surface area contributed by atoms with E-state index in [0.717, 1.165) is 41.2 Å². The number of aryl methyl sites for hydroxylation is 2. The second-order valence-corrected chi connectivity index (χ2v) is 7.20. The van der Waals surface area contributed by atoms with Crippen molar-refractivity contribution in [1.29, 1.82) is 0 Å². The van der Waals surface area contributed by atoms with Crippen molar-refractivity contribution in [3.05, 3.63) is 21.4 Å². The molecule has 2 heterocycles. The Morgan fingerprint density at radius 3 is 2.52 bits per heavy atom. The van der Waals surface area contributed by atoms with Gasteiger partial charge in [0.1, 0.15) is 0 Å². The molecule has 0 bridgehead atoms. The molecule has 1 aromatic heterocycles. The van der Waals surface area contributed by atoms with E-state index in [1.54, 1.807) is 11.3 Å². The van der Waals surface area contributed by atoms with E-state index < -0.39 is 0 Å². The molecule has 0 radical (unpaired) electrons. The fourth-order valence-corrected chi connectivity index (χ4v) is 3.78. The minimum atomic E-state index is 0.0832. The van der Waals surface area contributed by atoms with Gasteiger partial charge in [0.2, 0.25) is 5.91 Å². The zero-order valence-corrected chi connectivity index (χ0v) is 13.9. The van der Waals surface area contributed by atoms with Crippen molar-refractivity contribution in [2.45, 2.75) is 45.6 Å². The van der Waals surface area contributed by atoms with E-state index in [1.807, 2.05) is 31.9 Å². The number of ketones is 1. The van der Waals surface area contributed by atoms with Crippen molar-refractivity contribution in [3.63, 3.8) is 0 Å². The summed E-state index contributed by atoms with van der Waals surface area (Å²) >= 11 is 1.64. The number of thiophene rings is 1. The third-order valence-electron chi connectivity index (χ3n) is 4.16. The summed E-state index contributed by atoms with van der Waals surface area (Å²) in [5, 5.41) is 3.30. The SMILES string of the molecule is Cc1cc(C(=O)CCC(=O)N(C)C2CCNCC2)c(C)s1. The maximum absolute atomic E-state index is 12.2. The van der Waals surface area contributed by atoms with Crippen LogP contribution >= 0.6 is 11.3 Å². The van der Waals surface area contributed by atoms with Crippen molar-refractivity contribution in [3.8, 4) is 0 Å². The molecule has 116 valence electrons. The highest BCUT2D eigenvalue weighted by molar-refractivity contribution is 7.12. The summed E-state index contributed by atoms with van der Waals surface area (Å²) < 4.78 is 0. The number of nitrogens with one attached hydrogen (secondary N) is 1. The molecule has 1 aromatic rings. The van der Waals surface area contributed by atoms with Crippen LogP contribution in [0.2, 0.25) is 0 Å². The first-order chi connectivity index (χ1) is 9.99. The van der Waals surface area contributed by atoms with Crippen molar-refractivity contribution >= 4 is 23.0 Å². The maximum atomic E-state index is 12.2. The Kier molecular flexibility index (Phi) is 5.53. The molecular weight excluding hydrogens is 284 g/mol. The highest BCUT2D eigenvalue weighted by Gasteiger charge is 2.22. The number of nitrogens with zero attached hydrogens (tertiary/aromatic N) is 1. The summed E-state index contributed by atoms with van der Waals surface area (Å²) in [6.07, 6.45) is 2.62. The van der Waals surface area contributed by atoms with Crippen LogP contribution in [0.1, 0.15) is 45.8 Å². The lowest BCUT2D eigenvalue weighted by molar-refractivity contribution is -0.132. The molecule has 1 amide bonds. The quantitative estimate of drug-likeness (QED) is 0.851. The largest absolute Gasteiger partial charge is 0.343 e. The van der Waals surface area contributed by atoms with Crippen molar-refractivity contribution in [2.24, 2.45) is 0 Å². The molecule has 0 atom stereocenters. The molecular formula is C16H24N2O2S. The molecule has 2 rings (SSSR count). The number of rotatable bonds is 5. The van der Waals surface area contributed by atoms with E-state index in [9.17, 15) is 9.59 Å². The molecule has 1 N–H and O–H groups in total. The first-order valence-corrected chi connectivity index (χ1v) is 8.37. The molecule has 0 saturated carbocycles. The molecule has 0 aromatic carbocycles. The second-order valence-electron chi connectivity index (χ2n) is 5.74. The minimum Gasteiger partial charge on any atom is -0.343 e. The first-order valence-electron chi connectivity index (χ1n) is 7.55. The lowest BCUT2D eigenvalue weighted by Crippen LogP contribution is -2.44. The Morgan fingerprint density at radius 2 is 1.95 bits per heavy atom. The summed E-state index contributed by atoms with van der Waals surface area (Å²) in [4.78, 5) is 28.5. The van der Waals surface area contributed by atoms with Gasteiger partial charge >= 0.3 is 0 Å². The highest BCUT2D eigenvalue weighted by Crippen LogP contribution is 2.22. The fourth-order valence-electron chi connectivity index (χ4n) is 2.84. The van der Waals surface area contributed by atoms with E-state index in [1.165, 1.54) is 0 Å². The number of hydrogen-bond acceptors (Lipinski definition) is 4. The maximum Gasteiger partial charge on any atom is 0.223 e. The Bertz CT molecular complexity index is 518. The average molecular weight is 308 g/mol. The van der Waals surface area contributed by atoms with Gasteiger partial charge in [0.15, 0.2) is 5.78 Å². The number of hydrogen-bond donors (Lipinski definition) is 1. The van der Waals surface area contributed by atoms with E-state index >= 15 is 0 Å². The smallest absolute Gasteiger partial charge is 0.223 e. The molecule has 0 spiro atoms. The molecule has 5 heteroatoms. The Balaban J connectivity index is 1.85. The third-order valence-corrected chi connectivity index (χ3v) is 5.12. The Morgan fingerprint density at radius 1 is 1.29 bits per heavy atom. The Labute approximate surface area is 130 Å². The van der Waals surface area contributed by atoms with Crippen molar-refractivity contribution < 1.29 is 9.59 Å². The van der Waals surface area contributed by atoms with Crippen LogP contribution in [0.15, 0.2) is 6.07 Å². The lowest BCUT2D eigenvalue weighted by atomic mass is 10.0. The monoisotopic (exact) mass is 308 g/mol. The fraction of sp³-hybridized carbons (Fsp3) is 0.625. The zero-order valence-electron chi connectivity index (χ0n) is 13.1. The van der Waals surface area contributed by atoms with Gasteiger partial charge in [0.05, 0.1) is 0 Å². The number of amides is 1. The van der Waals surface area contributed by atoms with Crippen molar-refractivity contribution in [2.75, 3.05) is 20.1 Å². The highest BCUT2D eigenvalue weighted by atomic mass is 32.1. The molecule has 0 unspecified atom stereocenters. The molecule has 4 nitrogen and oxygen atoms in total. The van der Waals surface area contributed by atoms with Gasteiger partial charge in [-0.05, 0) is 45.8 Å². The van der Waals surface area contributed by atoms with Crippen LogP contribution in [-0.4, -0.2) is 42.8 Å². The van der Waals surface area contributed by atoms with Gasteiger partial charge in [-0.3, -0.25) is 9.59 Å². The summed E-state index contributed by atoms with van der Waals surface area (Å²) in [5.74, 6) is 0.170. The van der Waals surface area contributed by atoms with Crippen LogP contribution < -0.4 is 5.32 Å². The van der Waals surface area contributed by atoms with E-state index in [-0.39, 0.29) is 11.7 Å². The summed E-state index contributed by atoms with van der Waals surface area (Å²) in [6.45, 7) is 5.90. The third kappa shape index (κ3) is 4.14. The predicted molar refractivity (Wildman–Crippen MR) is 86.0 cm³/mol. The normalized spacial score (nSPS) is 16.0. The van der Waals surface area contributed by atoms with Gasteiger partial charge in [0, 0.05) is 41.2 Å². The van der Waals surface area contributed by atoms with Gasteiger partial charge < -0.3 is 10.2 Å². The van der Waals surface area contributed by atoms with Gasteiger partial charge in [-0.15, -0.1) is 11.3 Å². The summed E-state index contributed by atoms with van der Waals surface area (Å²) in [6, 6.07) is 2.25. The molecule has 1 aliphatic heterocycles. The molecule has 1 fully saturated rings. The average Bonchev–Trinajstić information content (AvgIpc) is 2.83. The van der Waals surface area contributed by atoms with Gasteiger partial charge in [-0.1, -0.05) is 0 Å². The van der Waals surface area contributed by atoms with Crippen LogP contribution in [0.5, 0.6) is 0 Å². The van der Waals surface area contributed by atoms with Crippen LogP contribution in [0, 0.1) is 13.8 Å². The van der Waals surface area contributed by atoms with Gasteiger partial charge in [-0.2, -0.15) is 0 Å². The van der Waals surface area contributed by atoms with Gasteiger partial charge in [-0.25, -0.2) is 0 Å². The summed E-state index contributed by atoms with van der Waals surface area (Å²) in [5.41, 5.74) is 0.787. The lowest BCUT2D eigenvalue weighted by Gasteiger charge is -2.31. The summed E-state index contributed by atoms with van der Waals surface area (Å²) in [7, 11) is 1.86. The Hall–Kier alpha value is -1.20. The predicted octanol–water partition coefficient (Wildman–Crippen LogP) is 2.54. The standard InChI is InChI=1S/C16H24N2O2S/c1-11-10-14(12(2)21-11)15(19)4-5-16(20)18(3)13-6-8-17-9-7-13/h10,13,17H,4-9H2,1-3H3. The number of piperidine rings is 1. The number of carbonyl (C=O) groups excluding carboxylic acids is 2. The minimum absolute atomic E-state index is 0.0832. The van der Waals surface area contributed by atoms with Crippen molar-refractivity contribution in [1.82, 2.24) is 10.2 Å². The van der Waals surface area contributed by atoms with E-state index in [4.69, 9.17) is 0 Å². The molecule has 1 aliphatic rings. The van der Waals surface area contributed by atoms with E-state index in [0.29, 0.717) is 18.9 Å². The van der Waals surface area contributed by atoms with Crippen LogP contribution in [-0.2, 0) is 4.79 Å². The van der Waals surface area contributed by atoms with Crippen LogP contribution in [0.25, 0.3) is 0 Å². The number of Topliss-reactive ketones (excluding diaryl/α,β-unsaturated/α-hetero) is 1. The molecule has 0 aliphatic carbocycles. The second kappa shape index (κ2) is 7.18. The van der Waals surface area contributed by atoms with Gasteiger partial charge in [0.25, 0.3) is 0 Å². The number of carbonyl (C=O) groups is 2. The van der Waals surface area contributed by atoms with E-state index in [2.05, 4.69) is 5.32 Å². The first kappa shape index (κ1) is 16.2. The zero-order chi connectivity index (χ0) is 15.4. The molecule has 21 heavy (non-hydrogen) atoms.